The number of benzene rings is 2. The predicted octanol–water partition coefficient (Wildman–Crippen LogP) is 3.96. The van der Waals surface area contributed by atoms with Gasteiger partial charge in [0.25, 0.3) is 5.91 Å². The summed E-state index contributed by atoms with van der Waals surface area (Å²) in [7, 11) is 0. The Labute approximate surface area is 158 Å². The molecule has 1 atom stereocenters. The van der Waals surface area contributed by atoms with E-state index in [1.54, 1.807) is 26.0 Å². The van der Waals surface area contributed by atoms with Crippen molar-refractivity contribution in [3.05, 3.63) is 77.3 Å². The number of carbonyl (C=O) groups excluding carboxylic acids is 2. The van der Waals surface area contributed by atoms with Crippen LogP contribution in [-0.2, 0) is 20.7 Å². The van der Waals surface area contributed by atoms with Gasteiger partial charge in [-0.1, -0.05) is 42.5 Å². The Morgan fingerprint density at radius 3 is 2.37 bits per heavy atom. The summed E-state index contributed by atoms with van der Waals surface area (Å²) >= 11 is 0. The average Bonchev–Trinajstić information content (AvgIpc) is 2.64. The summed E-state index contributed by atoms with van der Waals surface area (Å²) in [5.41, 5.74) is 0.871. The second kappa shape index (κ2) is 7.35. The zero-order valence-electron chi connectivity index (χ0n) is 15.7. The van der Waals surface area contributed by atoms with Crippen molar-refractivity contribution in [1.82, 2.24) is 4.90 Å². The van der Waals surface area contributed by atoms with Crippen molar-refractivity contribution in [2.75, 3.05) is 6.73 Å². The number of hydrogen-bond acceptors (Lipinski definition) is 3. The minimum atomic E-state index is -1.10. The fourth-order valence-corrected chi connectivity index (χ4v) is 3.29. The highest BCUT2D eigenvalue weighted by atomic mass is 19.1. The van der Waals surface area contributed by atoms with Gasteiger partial charge in [-0.15, -0.1) is 0 Å². The third-order valence-electron chi connectivity index (χ3n) is 5.10. The van der Waals surface area contributed by atoms with Crippen LogP contribution in [0.4, 0.5) is 4.39 Å². The molecule has 0 aliphatic carbocycles. The van der Waals surface area contributed by atoms with Crippen molar-refractivity contribution in [1.29, 1.82) is 0 Å². The van der Waals surface area contributed by atoms with Gasteiger partial charge in [0, 0.05) is 6.42 Å². The molecule has 1 aliphatic rings. The molecule has 5 heteroatoms. The molecule has 0 aromatic heterocycles. The first-order chi connectivity index (χ1) is 12.8. The molecule has 4 nitrogen and oxygen atoms in total. The van der Waals surface area contributed by atoms with Gasteiger partial charge in [0.2, 0.25) is 0 Å². The van der Waals surface area contributed by atoms with E-state index in [4.69, 9.17) is 4.74 Å². The topological polar surface area (TPSA) is 46.6 Å². The van der Waals surface area contributed by atoms with Crippen LogP contribution in [0.3, 0.4) is 0 Å². The summed E-state index contributed by atoms with van der Waals surface area (Å²) in [6.45, 7) is 4.94. The van der Waals surface area contributed by atoms with Crippen LogP contribution in [-0.4, -0.2) is 28.9 Å². The Morgan fingerprint density at radius 2 is 1.78 bits per heavy atom. The van der Waals surface area contributed by atoms with E-state index in [-0.39, 0.29) is 30.7 Å². The van der Waals surface area contributed by atoms with Crippen LogP contribution in [0.25, 0.3) is 5.57 Å². The third-order valence-corrected chi connectivity index (χ3v) is 5.10. The lowest BCUT2D eigenvalue weighted by molar-refractivity contribution is -0.148. The molecular formula is C22H22FNO3. The zero-order chi connectivity index (χ0) is 19.6. The highest BCUT2D eigenvalue weighted by molar-refractivity contribution is 6.21. The van der Waals surface area contributed by atoms with Gasteiger partial charge in [-0.05, 0) is 44.0 Å². The quantitative estimate of drug-likeness (QED) is 0.804. The van der Waals surface area contributed by atoms with Crippen LogP contribution in [0.2, 0.25) is 0 Å². The number of nitrogens with zero attached hydrogens (tertiary/aromatic N) is 1. The van der Waals surface area contributed by atoms with Crippen molar-refractivity contribution < 1.29 is 18.7 Å². The van der Waals surface area contributed by atoms with Gasteiger partial charge in [0.15, 0.2) is 12.5 Å². The summed E-state index contributed by atoms with van der Waals surface area (Å²) in [5.74, 6) is -0.207. The highest BCUT2D eigenvalue weighted by Crippen LogP contribution is 2.32. The molecule has 27 heavy (non-hydrogen) atoms. The molecule has 1 amide bonds. The van der Waals surface area contributed by atoms with Gasteiger partial charge < -0.3 is 4.74 Å². The van der Waals surface area contributed by atoms with E-state index in [1.807, 2.05) is 30.3 Å². The van der Waals surface area contributed by atoms with Crippen LogP contribution in [0.15, 0.2) is 60.4 Å². The Kier molecular flexibility index (Phi) is 5.13. The Balaban J connectivity index is 1.97. The Hall–Kier alpha value is -2.95. The largest absolute Gasteiger partial charge is 0.477 e. The van der Waals surface area contributed by atoms with Crippen molar-refractivity contribution in [2.24, 2.45) is 0 Å². The smallest absolute Gasteiger partial charge is 0.261 e. The first kappa shape index (κ1) is 18.8. The van der Waals surface area contributed by atoms with Gasteiger partial charge in [0.1, 0.15) is 17.1 Å². The number of carbonyl (C=O) groups is 2. The molecule has 1 unspecified atom stereocenters. The van der Waals surface area contributed by atoms with E-state index < -0.39 is 5.54 Å². The normalized spacial score (nSPS) is 16.7. The van der Waals surface area contributed by atoms with E-state index in [0.717, 1.165) is 11.1 Å². The van der Waals surface area contributed by atoms with E-state index in [2.05, 4.69) is 0 Å². The molecule has 140 valence electrons. The Bertz CT molecular complexity index is 890. The molecule has 2 aromatic carbocycles. The fraction of sp³-hybridized carbons (Fsp3) is 0.273. The van der Waals surface area contributed by atoms with E-state index in [0.29, 0.717) is 11.3 Å². The van der Waals surface area contributed by atoms with Gasteiger partial charge >= 0.3 is 0 Å². The average molecular weight is 367 g/mol. The van der Waals surface area contributed by atoms with Gasteiger partial charge in [0.05, 0.1) is 5.57 Å². The van der Waals surface area contributed by atoms with E-state index in [1.165, 1.54) is 24.0 Å². The van der Waals surface area contributed by atoms with Crippen LogP contribution < -0.4 is 0 Å². The maximum atomic E-state index is 13.3. The van der Waals surface area contributed by atoms with Crippen LogP contribution in [0.1, 0.15) is 31.9 Å². The molecule has 0 radical (unpaired) electrons. The maximum Gasteiger partial charge on any atom is 0.261 e. The molecule has 0 saturated heterocycles. The minimum absolute atomic E-state index is 0.00171. The molecular weight excluding hydrogens is 345 g/mol. The lowest BCUT2D eigenvalue weighted by atomic mass is 9.86. The monoisotopic (exact) mass is 367 g/mol. The number of rotatable bonds is 5. The van der Waals surface area contributed by atoms with Crippen LogP contribution in [0.5, 0.6) is 0 Å². The Morgan fingerprint density at radius 1 is 1.15 bits per heavy atom. The first-order valence-corrected chi connectivity index (χ1v) is 8.79. The number of ketones is 1. The van der Waals surface area contributed by atoms with Gasteiger partial charge in [-0.2, -0.15) is 0 Å². The van der Waals surface area contributed by atoms with Crippen LogP contribution in [0, 0.1) is 5.82 Å². The predicted molar refractivity (Wildman–Crippen MR) is 101 cm³/mol. The van der Waals surface area contributed by atoms with E-state index in [9.17, 15) is 14.0 Å². The lowest BCUT2D eigenvalue weighted by Gasteiger charge is -2.42. The van der Waals surface area contributed by atoms with E-state index >= 15 is 0 Å². The number of ether oxygens (including phenoxy) is 1. The second-order valence-corrected chi connectivity index (χ2v) is 6.94. The summed E-state index contributed by atoms with van der Waals surface area (Å²) in [6.07, 6.45) is 0.277. The molecule has 0 fully saturated rings. The van der Waals surface area contributed by atoms with Gasteiger partial charge in [-0.3, -0.25) is 14.5 Å². The standard InChI is InChI=1S/C22H22FNO3/c1-15-20(18-7-5-4-6-8-18)21(26)24(14-27-15)22(3,16(2)25)13-17-9-11-19(23)12-10-17/h4-12H,13-14H2,1-3H3. The minimum Gasteiger partial charge on any atom is -0.477 e. The molecule has 1 aliphatic heterocycles. The number of hydrogen-bond donors (Lipinski definition) is 0. The molecule has 0 N–H and O–H groups in total. The first-order valence-electron chi connectivity index (χ1n) is 8.79. The summed E-state index contributed by atoms with van der Waals surface area (Å²) in [4.78, 5) is 27.3. The lowest BCUT2D eigenvalue weighted by Crippen LogP contribution is -2.58. The molecule has 1 heterocycles. The third kappa shape index (κ3) is 3.63. The zero-order valence-corrected chi connectivity index (χ0v) is 15.7. The summed E-state index contributed by atoms with van der Waals surface area (Å²) in [6, 6.07) is 15.2. The highest BCUT2D eigenvalue weighted by Gasteiger charge is 2.43. The van der Waals surface area contributed by atoms with Crippen LogP contribution >= 0.6 is 0 Å². The van der Waals surface area contributed by atoms with Gasteiger partial charge in [-0.25, -0.2) is 4.39 Å². The fourth-order valence-electron chi connectivity index (χ4n) is 3.29. The van der Waals surface area contributed by atoms with Crippen molar-refractivity contribution in [2.45, 2.75) is 32.7 Å². The molecule has 0 saturated carbocycles. The number of allylic oxidation sites excluding steroid dienone is 1. The maximum absolute atomic E-state index is 13.3. The number of amides is 1. The molecule has 0 bridgehead atoms. The molecule has 3 rings (SSSR count). The van der Waals surface area contributed by atoms with Crippen molar-refractivity contribution >= 4 is 17.3 Å². The second-order valence-electron chi connectivity index (χ2n) is 6.94. The summed E-state index contributed by atoms with van der Waals surface area (Å²) in [5, 5.41) is 0. The SMILES string of the molecule is CC(=O)C(C)(Cc1ccc(F)cc1)N1COC(C)=C(c2ccccc2)C1=O. The number of halogens is 1. The molecule has 2 aromatic rings. The summed E-state index contributed by atoms with van der Waals surface area (Å²) < 4.78 is 19.0. The van der Waals surface area contributed by atoms with Crippen molar-refractivity contribution in [3.8, 4) is 0 Å². The molecule has 0 spiro atoms. The number of Topliss-reactive ketones (excluding diaryl/α,β-unsaturated/α-hetero) is 1. The van der Waals surface area contributed by atoms with Crippen molar-refractivity contribution in [3.63, 3.8) is 0 Å².